The van der Waals surface area contributed by atoms with E-state index >= 15 is 0 Å². The van der Waals surface area contributed by atoms with E-state index in [2.05, 4.69) is 36.3 Å². The van der Waals surface area contributed by atoms with Gasteiger partial charge >= 0.3 is 0 Å². The predicted molar refractivity (Wildman–Crippen MR) is 62.6 cm³/mol. The number of nitrogens with one attached hydrogen (secondary N) is 1. The maximum Gasteiger partial charge on any atom is 0.0295 e. The zero-order valence-electron chi connectivity index (χ0n) is 9.61. The summed E-state index contributed by atoms with van der Waals surface area (Å²) in [6.45, 7) is 4.59. The molecule has 3 atom stereocenters. The van der Waals surface area contributed by atoms with Crippen LogP contribution < -0.4 is 5.32 Å². The number of hydrogen-bond acceptors (Lipinski definition) is 2. The van der Waals surface area contributed by atoms with E-state index in [4.69, 9.17) is 0 Å². The average Bonchev–Trinajstić information content (AvgIpc) is 2.66. The van der Waals surface area contributed by atoms with Gasteiger partial charge < -0.3 is 5.32 Å². The first-order valence-corrected chi connectivity index (χ1v) is 5.93. The zero-order chi connectivity index (χ0) is 10.7. The van der Waals surface area contributed by atoms with Crippen LogP contribution in [0, 0.1) is 5.92 Å². The molecule has 1 saturated carbocycles. The summed E-state index contributed by atoms with van der Waals surface area (Å²) in [4.78, 5) is 4.05. The molecule has 82 valence electrons. The average molecular weight is 204 g/mol. The van der Waals surface area contributed by atoms with E-state index in [0.29, 0.717) is 12.1 Å². The Bertz CT molecular complexity index is 297. The zero-order valence-corrected chi connectivity index (χ0v) is 9.61. The molecule has 0 amide bonds. The molecule has 2 nitrogen and oxygen atoms in total. The fourth-order valence-electron chi connectivity index (χ4n) is 2.46. The molecule has 2 unspecified atom stereocenters. The fraction of sp³-hybridized carbons (Fsp3) is 0.615. The van der Waals surface area contributed by atoms with Crippen molar-refractivity contribution >= 4 is 0 Å². The Labute approximate surface area is 92.1 Å². The molecular formula is C13H20N2. The van der Waals surface area contributed by atoms with E-state index < -0.39 is 0 Å². The normalized spacial score (nSPS) is 27.9. The van der Waals surface area contributed by atoms with E-state index in [-0.39, 0.29) is 0 Å². The van der Waals surface area contributed by atoms with Gasteiger partial charge in [0.1, 0.15) is 0 Å². The van der Waals surface area contributed by atoms with Gasteiger partial charge in [0.25, 0.3) is 0 Å². The van der Waals surface area contributed by atoms with Crippen LogP contribution in [0.1, 0.15) is 44.7 Å². The molecule has 0 aromatic carbocycles. The Kier molecular flexibility index (Phi) is 3.37. The lowest BCUT2D eigenvalue weighted by Crippen LogP contribution is -2.33. The third-order valence-corrected chi connectivity index (χ3v) is 3.53. The van der Waals surface area contributed by atoms with Crippen molar-refractivity contribution < 1.29 is 0 Å². The molecule has 1 aliphatic carbocycles. The highest BCUT2D eigenvalue weighted by Crippen LogP contribution is 2.27. The minimum Gasteiger partial charge on any atom is -0.307 e. The lowest BCUT2D eigenvalue weighted by Gasteiger charge is -2.23. The van der Waals surface area contributed by atoms with Crippen LogP contribution in [0.2, 0.25) is 0 Å². The van der Waals surface area contributed by atoms with Crippen LogP contribution in [0.25, 0.3) is 0 Å². The maximum atomic E-state index is 4.05. The van der Waals surface area contributed by atoms with Gasteiger partial charge in [-0.15, -0.1) is 0 Å². The molecule has 1 heterocycles. The molecular weight excluding hydrogens is 184 g/mol. The number of aromatic nitrogens is 1. The first kappa shape index (κ1) is 10.6. The Hall–Kier alpha value is -0.890. The topological polar surface area (TPSA) is 24.9 Å². The Morgan fingerprint density at radius 3 is 2.67 bits per heavy atom. The number of pyridine rings is 1. The van der Waals surface area contributed by atoms with Gasteiger partial charge in [0.15, 0.2) is 0 Å². The van der Waals surface area contributed by atoms with Gasteiger partial charge in [0, 0.05) is 24.5 Å². The molecule has 1 aromatic heterocycles. The highest BCUT2D eigenvalue weighted by molar-refractivity contribution is 5.14. The minimum absolute atomic E-state index is 0.443. The highest BCUT2D eigenvalue weighted by Gasteiger charge is 2.24. The molecule has 1 fully saturated rings. The largest absolute Gasteiger partial charge is 0.307 e. The lowest BCUT2D eigenvalue weighted by molar-refractivity contribution is 0.388. The lowest BCUT2D eigenvalue weighted by atomic mass is 10.0. The molecule has 1 N–H and O–H groups in total. The van der Waals surface area contributed by atoms with Crippen LogP contribution in [0.3, 0.4) is 0 Å². The van der Waals surface area contributed by atoms with Crippen molar-refractivity contribution in [3.05, 3.63) is 30.1 Å². The molecule has 0 aliphatic heterocycles. The van der Waals surface area contributed by atoms with Gasteiger partial charge in [-0.25, -0.2) is 0 Å². The van der Waals surface area contributed by atoms with Crippen molar-refractivity contribution in [2.24, 2.45) is 5.92 Å². The first-order chi connectivity index (χ1) is 7.27. The fourth-order valence-corrected chi connectivity index (χ4v) is 2.46. The van der Waals surface area contributed by atoms with Gasteiger partial charge in [-0.2, -0.15) is 0 Å². The number of rotatable bonds is 3. The third-order valence-electron chi connectivity index (χ3n) is 3.53. The van der Waals surface area contributed by atoms with E-state index in [1.54, 1.807) is 0 Å². The van der Waals surface area contributed by atoms with E-state index in [0.717, 1.165) is 5.92 Å². The molecule has 0 saturated heterocycles. The van der Waals surface area contributed by atoms with Gasteiger partial charge in [0.05, 0.1) is 0 Å². The highest BCUT2D eigenvalue weighted by atomic mass is 15.0. The predicted octanol–water partition coefficient (Wildman–Crippen LogP) is 2.92. The minimum atomic E-state index is 0.443. The summed E-state index contributed by atoms with van der Waals surface area (Å²) < 4.78 is 0. The van der Waals surface area contributed by atoms with Crippen molar-refractivity contribution in [1.29, 1.82) is 0 Å². The summed E-state index contributed by atoms with van der Waals surface area (Å²) in [7, 11) is 0. The van der Waals surface area contributed by atoms with E-state index in [1.807, 2.05) is 12.4 Å². The van der Waals surface area contributed by atoms with Gasteiger partial charge in [0.2, 0.25) is 0 Å². The molecule has 0 bridgehead atoms. The van der Waals surface area contributed by atoms with Crippen molar-refractivity contribution in [3.63, 3.8) is 0 Å². The van der Waals surface area contributed by atoms with Crippen LogP contribution in [-0.2, 0) is 0 Å². The molecule has 2 rings (SSSR count). The van der Waals surface area contributed by atoms with E-state index in [9.17, 15) is 0 Å². The van der Waals surface area contributed by atoms with Crippen LogP contribution >= 0.6 is 0 Å². The summed E-state index contributed by atoms with van der Waals surface area (Å²) in [5.74, 6) is 0.828. The summed E-state index contributed by atoms with van der Waals surface area (Å²) in [6, 6.07) is 5.33. The van der Waals surface area contributed by atoms with Crippen molar-refractivity contribution in [2.45, 2.75) is 45.2 Å². The first-order valence-electron chi connectivity index (χ1n) is 5.93. The summed E-state index contributed by atoms with van der Waals surface area (Å²) in [6.07, 6.45) is 7.82. The Morgan fingerprint density at radius 2 is 2.07 bits per heavy atom. The summed E-state index contributed by atoms with van der Waals surface area (Å²) in [5.41, 5.74) is 1.34. The van der Waals surface area contributed by atoms with E-state index in [1.165, 1.54) is 24.8 Å². The number of nitrogens with zero attached hydrogens (tertiary/aromatic N) is 1. The quantitative estimate of drug-likeness (QED) is 0.819. The summed E-state index contributed by atoms with van der Waals surface area (Å²) >= 11 is 0. The Balaban J connectivity index is 1.95. The van der Waals surface area contributed by atoms with Gasteiger partial charge in [-0.1, -0.05) is 13.3 Å². The molecule has 0 spiro atoms. The van der Waals surface area contributed by atoms with Crippen LogP contribution in [0.15, 0.2) is 24.5 Å². The second-order valence-corrected chi connectivity index (χ2v) is 4.68. The molecule has 15 heavy (non-hydrogen) atoms. The molecule has 1 aromatic rings. The van der Waals surface area contributed by atoms with Crippen LogP contribution in [-0.4, -0.2) is 11.0 Å². The Morgan fingerprint density at radius 1 is 1.33 bits per heavy atom. The van der Waals surface area contributed by atoms with Gasteiger partial charge in [-0.05, 0) is 43.4 Å². The SMILES string of the molecule is CC1CCCC1N[C@@H](C)c1ccncc1. The van der Waals surface area contributed by atoms with Crippen molar-refractivity contribution in [2.75, 3.05) is 0 Å². The molecule has 1 aliphatic rings. The van der Waals surface area contributed by atoms with Crippen molar-refractivity contribution in [1.82, 2.24) is 10.3 Å². The standard InChI is InChI=1S/C13H20N2/c1-10-4-3-5-13(10)15-11(2)12-6-8-14-9-7-12/h6-11,13,15H,3-5H2,1-2H3/t10?,11-,13?/m0/s1. The molecule has 0 radical (unpaired) electrons. The third kappa shape index (κ3) is 2.57. The van der Waals surface area contributed by atoms with Gasteiger partial charge in [-0.3, -0.25) is 4.98 Å². The molecule has 2 heteroatoms. The monoisotopic (exact) mass is 204 g/mol. The van der Waals surface area contributed by atoms with Crippen LogP contribution in [0.4, 0.5) is 0 Å². The van der Waals surface area contributed by atoms with Crippen molar-refractivity contribution in [3.8, 4) is 0 Å². The summed E-state index contributed by atoms with van der Waals surface area (Å²) in [5, 5.41) is 3.72. The smallest absolute Gasteiger partial charge is 0.0295 e. The second-order valence-electron chi connectivity index (χ2n) is 4.68. The maximum absolute atomic E-state index is 4.05. The second kappa shape index (κ2) is 4.75. The number of hydrogen-bond donors (Lipinski definition) is 1. The van der Waals surface area contributed by atoms with Crippen LogP contribution in [0.5, 0.6) is 0 Å².